The summed E-state index contributed by atoms with van der Waals surface area (Å²) in [4.78, 5) is 22.1. The lowest BCUT2D eigenvalue weighted by atomic mass is 10.0. The highest BCUT2D eigenvalue weighted by Gasteiger charge is 2.20. The van der Waals surface area contributed by atoms with E-state index in [1.54, 1.807) is 24.3 Å². The van der Waals surface area contributed by atoms with Gasteiger partial charge in [-0.1, -0.05) is 13.8 Å². The van der Waals surface area contributed by atoms with E-state index in [9.17, 15) is 9.59 Å². The Morgan fingerprint density at radius 2 is 1.71 bits per heavy atom. The Kier molecular flexibility index (Phi) is 4.26. The number of hydrogen-bond donors (Lipinski definition) is 2. The molecule has 0 saturated carbocycles. The molecule has 0 saturated heterocycles. The average molecular weight is 235 g/mol. The van der Waals surface area contributed by atoms with Crippen molar-refractivity contribution < 1.29 is 14.7 Å². The number of carboxylic acid groups (broad SMARTS) is 1. The van der Waals surface area contributed by atoms with Gasteiger partial charge in [-0.3, -0.25) is 4.79 Å². The topological polar surface area (TPSA) is 66.4 Å². The third-order valence-electron chi connectivity index (χ3n) is 2.55. The Morgan fingerprint density at radius 1 is 1.18 bits per heavy atom. The van der Waals surface area contributed by atoms with Crippen molar-refractivity contribution in [1.29, 1.82) is 0 Å². The number of benzene rings is 1. The van der Waals surface area contributed by atoms with Crippen molar-refractivity contribution in [2.75, 3.05) is 5.32 Å². The first-order valence-corrected chi connectivity index (χ1v) is 5.52. The molecule has 0 amide bonds. The lowest BCUT2D eigenvalue weighted by Gasteiger charge is -2.19. The molecular formula is C13H17NO3. The van der Waals surface area contributed by atoms with Crippen LogP contribution in [-0.4, -0.2) is 22.9 Å². The first-order chi connectivity index (χ1) is 7.91. The standard InChI is InChI=1S/C13H17NO3/c1-8(2)12(13(16)17)14-11-6-4-10(5-7-11)9(3)15/h4-8,12,14H,1-3H3,(H,16,17)/t12-/m0/s1. The molecule has 0 radical (unpaired) electrons. The number of carbonyl (C=O) groups is 2. The van der Waals surface area contributed by atoms with Gasteiger partial charge in [0.05, 0.1) is 0 Å². The molecular weight excluding hydrogens is 218 g/mol. The lowest BCUT2D eigenvalue weighted by molar-refractivity contribution is -0.138. The van der Waals surface area contributed by atoms with Gasteiger partial charge >= 0.3 is 5.97 Å². The Morgan fingerprint density at radius 3 is 2.06 bits per heavy atom. The summed E-state index contributed by atoms with van der Waals surface area (Å²) in [6.45, 7) is 5.18. The highest BCUT2D eigenvalue weighted by Crippen LogP contribution is 2.14. The molecule has 0 aliphatic heterocycles. The predicted octanol–water partition coefficient (Wildman–Crippen LogP) is 2.41. The second-order valence-electron chi connectivity index (χ2n) is 4.34. The zero-order valence-electron chi connectivity index (χ0n) is 10.2. The van der Waals surface area contributed by atoms with Crippen LogP contribution >= 0.6 is 0 Å². The number of carboxylic acids is 1. The molecule has 0 bridgehead atoms. The maximum Gasteiger partial charge on any atom is 0.326 e. The molecule has 0 fully saturated rings. The largest absolute Gasteiger partial charge is 0.480 e. The summed E-state index contributed by atoms with van der Waals surface area (Å²) in [6, 6.07) is 6.18. The maximum atomic E-state index is 11.1. The second-order valence-corrected chi connectivity index (χ2v) is 4.34. The van der Waals surface area contributed by atoms with Crippen molar-refractivity contribution in [3.8, 4) is 0 Å². The van der Waals surface area contributed by atoms with Crippen molar-refractivity contribution in [2.24, 2.45) is 5.92 Å². The Bertz CT molecular complexity index is 409. The summed E-state index contributed by atoms with van der Waals surface area (Å²) in [5.74, 6) is -0.897. The number of hydrogen-bond acceptors (Lipinski definition) is 3. The van der Waals surface area contributed by atoms with Crippen LogP contribution in [0.4, 0.5) is 5.69 Å². The highest BCUT2D eigenvalue weighted by molar-refractivity contribution is 5.94. The summed E-state index contributed by atoms with van der Waals surface area (Å²) in [6.07, 6.45) is 0. The lowest BCUT2D eigenvalue weighted by Crippen LogP contribution is -2.34. The van der Waals surface area contributed by atoms with E-state index in [0.717, 1.165) is 0 Å². The van der Waals surface area contributed by atoms with E-state index in [2.05, 4.69) is 5.32 Å². The monoisotopic (exact) mass is 235 g/mol. The molecule has 0 spiro atoms. The normalized spacial score (nSPS) is 12.2. The van der Waals surface area contributed by atoms with E-state index >= 15 is 0 Å². The maximum absolute atomic E-state index is 11.1. The number of rotatable bonds is 5. The van der Waals surface area contributed by atoms with Gasteiger partial charge in [0.2, 0.25) is 0 Å². The van der Waals surface area contributed by atoms with Gasteiger partial charge in [-0.25, -0.2) is 4.79 Å². The van der Waals surface area contributed by atoms with Crippen molar-refractivity contribution in [2.45, 2.75) is 26.8 Å². The van der Waals surface area contributed by atoms with Gasteiger partial charge in [-0.05, 0) is 37.1 Å². The van der Waals surface area contributed by atoms with Crippen molar-refractivity contribution in [3.05, 3.63) is 29.8 Å². The fraction of sp³-hybridized carbons (Fsp3) is 0.385. The van der Waals surface area contributed by atoms with Crippen LogP contribution in [0.15, 0.2) is 24.3 Å². The molecule has 0 aliphatic rings. The van der Waals surface area contributed by atoms with Crippen LogP contribution in [-0.2, 0) is 4.79 Å². The van der Waals surface area contributed by atoms with Gasteiger partial charge < -0.3 is 10.4 Å². The van der Waals surface area contributed by atoms with Crippen LogP contribution in [0, 0.1) is 5.92 Å². The Labute approximate surface area is 101 Å². The molecule has 0 aliphatic carbocycles. The van der Waals surface area contributed by atoms with E-state index in [1.807, 2.05) is 13.8 Å². The highest BCUT2D eigenvalue weighted by atomic mass is 16.4. The summed E-state index contributed by atoms with van der Waals surface area (Å²) in [7, 11) is 0. The quantitative estimate of drug-likeness (QED) is 0.769. The molecule has 1 rings (SSSR count). The zero-order valence-corrected chi connectivity index (χ0v) is 10.2. The summed E-state index contributed by atoms with van der Waals surface area (Å²) < 4.78 is 0. The van der Waals surface area contributed by atoms with Gasteiger partial charge in [0.1, 0.15) is 6.04 Å². The molecule has 0 heterocycles. The fourth-order valence-corrected chi connectivity index (χ4v) is 1.49. The van der Waals surface area contributed by atoms with E-state index in [4.69, 9.17) is 5.11 Å². The average Bonchev–Trinajstić information content (AvgIpc) is 2.25. The first-order valence-electron chi connectivity index (χ1n) is 5.52. The molecule has 0 aromatic heterocycles. The Balaban J connectivity index is 2.80. The van der Waals surface area contributed by atoms with Crippen LogP contribution < -0.4 is 5.32 Å². The van der Waals surface area contributed by atoms with Gasteiger partial charge in [0.15, 0.2) is 5.78 Å². The molecule has 17 heavy (non-hydrogen) atoms. The van der Waals surface area contributed by atoms with Gasteiger partial charge in [-0.15, -0.1) is 0 Å². The van der Waals surface area contributed by atoms with Crippen LogP contribution in [0.1, 0.15) is 31.1 Å². The summed E-state index contributed by atoms with van der Waals surface area (Å²) in [5.41, 5.74) is 1.32. The summed E-state index contributed by atoms with van der Waals surface area (Å²) in [5, 5.41) is 12.0. The van der Waals surface area contributed by atoms with Crippen LogP contribution in [0.5, 0.6) is 0 Å². The minimum Gasteiger partial charge on any atom is -0.480 e. The third-order valence-corrected chi connectivity index (χ3v) is 2.55. The molecule has 0 unspecified atom stereocenters. The third kappa shape index (κ3) is 3.59. The van der Waals surface area contributed by atoms with Gasteiger partial charge in [-0.2, -0.15) is 0 Å². The first kappa shape index (κ1) is 13.2. The van der Waals surface area contributed by atoms with E-state index < -0.39 is 12.0 Å². The molecule has 92 valence electrons. The van der Waals surface area contributed by atoms with Crippen LogP contribution in [0.2, 0.25) is 0 Å². The number of carbonyl (C=O) groups excluding carboxylic acids is 1. The van der Waals surface area contributed by atoms with E-state index in [1.165, 1.54) is 6.92 Å². The molecule has 1 atom stereocenters. The number of Topliss-reactive ketones (excluding diaryl/α,β-unsaturated/α-hetero) is 1. The van der Waals surface area contributed by atoms with E-state index in [-0.39, 0.29) is 11.7 Å². The zero-order chi connectivity index (χ0) is 13.0. The number of aliphatic carboxylic acids is 1. The van der Waals surface area contributed by atoms with Gasteiger partial charge in [0, 0.05) is 11.3 Å². The van der Waals surface area contributed by atoms with Gasteiger partial charge in [0.25, 0.3) is 0 Å². The van der Waals surface area contributed by atoms with Crippen molar-refractivity contribution in [3.63, 3.8) is 0 Å². The van der Waals surface area contributed by atoms with Crippen molar-refractivity contribution in [1.82, 2.24) is 0 Å². The minimum absolute atomic E-state index is 0.00445. The molecule has 1 aromatic rings. The second kappa shape index (κ2) is 5.48. The minimum atomic E-state index is -0.879. The number of anilines is 1. The number of nitrogens with one attached hydrogen (secondary N) is 1. The van der Waals surface area contributed by atoms with Crippen molar-refractivity contribution >= 4 is 17.4 Å². The molecule has 4 nitrogen and oxygen atoms in total. The van der Waals surface area contributed by atoms with Crippen LogP contribution in [0.3, 0.4) is 0 Å². The van der Waals surface area contributed by atoms with E-state index in [0.29, 0.717) is 11.3 Å². The summed E-state index contributed by atoms with van der Waals surface area (Å²) >= 11 is 0. The van der Waals surface area contributed by atoms with Crippen LogP contribution in [0.25, 0.3) is 0 Å². The molecule has 4 heteroatoms. The SMILES string of the molecule is CC(=O)c1ccc(N[C@H](C(=O)O)C(C)C)cc1. The fourth-order valence-electron chi connectivity index (χ4n) is 1.49. The molecule has 1 aromatic carbocycles. The molecule has 2 N–H and O–H groups in total. The smallest absolute Gasteiger partial charge is 0.326 e. The Hall–Kier alpha value is -1.84. The number of ketones is 1. The predicted molar refractivity (Wildman–Crippen MR) is 66.3 cm³/mol.